The smallest absolute Gasteiger partial charge is 0.408 e. The molecule has 0 bridgehead atoms. The molecule has 5 N–H and O–H groups in total. The molecule has 1 aromatic carbocycles. The molecule has 10 nitrogen and oxygen atoms in total. The predicted molar refractivity (Wildman–Crippen MR) is 104 cm³/mol. The van der Waals surface area contributed by atoms with Gasteiger partial charge in [0.25, 0.3) is 0 Å². The van der Waals surface area contributed by atoms with Crippen LogP contribution in [-0.4, -0.2) is 34.2 Å². The van der Waals surface area contributed by atoms with Gasteiger partial charge in [-0.25, -0.2) is 9.78 Å². The standard InChI is InChI=1S/C18H22N6O4/c1-18(2,3)28-17(27)20-10-15(26)21-14-9-8-12(16(19)22-14)24-23-11-6-4-5-7-13(11)25/h4-9,25H,10H2,1-3H3,(H,20,27)(H3,19,21,22,26)/b24-23+. The summed E-state index contributed by atoms with van der Waals surface area (Å²) >= 11 is 0. The molecule has 28 heavy (non-hydrogen) atoms. The predicted octanol–water partition coefficient (Wildman–Crippen LogP) is 3.25. The van der Waals surface area contributed by atoms with Crippen LogP contribution in [0.4, 0.5) is 27.8 Å². The highest BCUT2D eigenvalue weighted by Gasteiger charge is 2.16. The second kappa shape index (κ2) is 8.80. The number of ether oxygens (including phenoxy) is 1. The van der Waals surface area contributed by atoms with E-state index in [9.17, 15) is 14.7 Å². The molecule has 0 unspecified atom stereocenters. The van der Waals surface area contributed by atoms with Crippen molar-refractivity contribution in [2.24, 2.45) is 10.2 Å². The second-order valence-corrected chi connectivity index (χ2v) is 6.69. The summed E-state index contributed by atoms with van der Waals surface area (Å²) in [7, 11) is 0. The Kier molecular flexibility index (Phi) is 6.48. The fraction of sp³-hybridized carbons (Fsp3) is 0.278. The Morgan fingerprint density at radius 2 is 1.82 bits per heavy atom. The van der Waals surface area contributed by atoms with E-state index < -0.39 is 17.6 Å². The third-order valence-electron chi connectivity index (χ3n) is 3.11. The maximum Gasteiger partial charge on any atom is 0.408 e. The van der Waals surface area contributed by atoms with Crippen LogP contribution in [0.5, 0.6) is 5.75 Å². The molecule has 2 amide bonds. The van der Waals surface area contributed by atoms with Gasteiger partial charge in [0.1, 0.15) is 35.1 Å². The van der Waals surface area contributed by atoms with E-state index in [2.05, 4.69) is 25.8 Å². The van der Waals surface area contributed by atoms with E-state index in [0.717, 1.165) is 0 Å². The molecule has 0 fully saturated rings. The summed E-state index contributed by atoms with van der Waals surface area (Å²) in [4.78, 5) is 27.5. The van der Waals surface area contributed by atoms with Gasteiger partial charge in [-0.05, 0) is 45.0 Å². The quantitative estimate of drug-likeness (QED) is 0.579. The molecule has 2 rings (SSSR count). The lowest BCUT2D eigenvalue weighted by Gasteiger charge is -2.19. The van der Waals surface area contributed by atoms with Gasteiger partial charge >= 0.3 is 6.09 Å². The summed E-state index contributed by atoms with van der Waals surface area (Å²) in [6, 6.07) is 9.46. The number of rotatable bonds is 5. The van der Waals surface area contributed by atoms with Gasteiger partial charge in [0, 0.05) is 0 Å². The Bertz CT molecular complexity index is 892. The number of aromatic hydroxyl groups is 1. The number of nitrogens with two attached hydrogens (primary N) is 1. The van der Waals surface area contributed by atoms with E-state index in [1.807, 2.05) is 0 Å². The first-order valence-corrected chi connectivity index (χ1v) is 8.37. The zero-order valence-corrected chi connectivity index (χ0v) is 15.8. The molecule has 10 heteroatoms. The van der Waals surface area contributed by atoms with Crippen LogP contribution in [0.3, 0.4) is 0 Å². The van der Waals surface area contributed by atoms with Crippen molar-refractivity contribution in [3.05, 3.63) is 36.4 Å². The van der Waals surface area contributed by atoms with Crippen LogP contribution in [0.25, 0.3) is 0 Å². The molecule has 2 aromatic rings. The number of amides is 2. The van der Waals surface area contributed by atoms with Gasteiger partial charge in [0.2, 0.25) is 5.91 Å². The van der Waals surface area contributed by atoms with Gasteiger partial charge in [-0.2, -0.15) is 0 Å². The van der Waals surface area contributed by atoms with E-state index in [0.29, 0.717) is 0 Å². The third kappa shape index (κ3) is 6.56. The number of alkyl carbamates (subject to hydrolysis) is 1. The molecule has 0 atom stereocenters. The number of carbonyl (C=O) groups excluding carboxylic acids is 2. The van der Waals surface area contributed by atoms with Crippen molar-refractivity contribution in [3.63, 3.8) is 0 Å². The van der Waals surface area contributed by atoms with Gasteiger partial charge in [0.05, 0.1) is 0 Å². The molecule has 0 aliphatic rings. The molecule has 0 saturated heterocycles. The van der Waals surface area contributed by atoms with Crippen LogP contribution in [0.2, 0.25) is 0 Å². The van der Waals surface area contributed by atoms with Crippen LogP contribution in [0, 0.1) is 0 Å². The Labute approximate surface area is 161 Å². The molecule has 0 radical (unpaired) electrons. The molecular formula is C18H22N6O4. The Morgan fingerprint density at radius 1 is 1.14 bits per heavy atom. The van der Waals surface area contributed by atoms with E-state index >= 15 is 0 Å². The highest BCUT2D eigenvalue weighted by Crippen LogP contribution is 2.29. The Morgan fingerprint density at radius 3 is 2.46 bits per heavy atom. The number of pyridine rings is 1. The Hall–Kier alpha value is -3.69. The van der Waals surface area contributed by atoms with Crippen LogP contribution in [0.1, 0.15) is 20.8 Å². The van der Waals surface area contributed by atoms with Crippen molar-refractivity contribution in [1.29, 1.82) is 0 Å². The van der Waals surface area contributed by atoms with Crippen molar-refractivity contribution < 1.29 is 19.4 Å². The van der Waals surface area contributed by atoms with Crippen molar-refractivity contribution in [1.82, 2.24) is 10.3 Å². The lowest BCUT2D eigenvalue weighted by atomic mass is 10.2. The highest BCUT2D eigenvalue weighted by molar-refractivity contribution is 5.93. The number of nitrogens with zero attached hydrogens (tertiary/aromatic N) is 3. The lowest BCUT2D eigenvalue weighted by molar-refractivity contribution is -0.115. The molecule has 0 saturated carbocycles. The van der Waals surface area contributed by atoms with Crippen molar-refractivity contribution in [3.8, 4) is 5.75 Å². The summed E-state index contributed by atoms with van der Waals surface area (Å²) in [5, 5.41) is 22.4. The van der Waals surface area contributed by atoms with E-state index in [4.69, 9.17) is 10.5 Å². The summed E-state index contributed by atoms with van der Waals surface area (Å²) in [5.41, 5.74) is 5.72. The number of phenolic OH excluding ortho intramolecular Hbond substituents is 1. The molecule has 0 aliphatic carbocycles. The first-order valence-electron chi connectivity index (χ1n) is 8.37. The number of aromatic nitrogens is 1. The first-order chi connectivity index (χ1) is 13.1. The monoisotopic (exact) mass is 386 g/mol. The average Bonchev–Trinajstić information content (AvgIpc) is 2.59. The third-order valence-corrected chi connectivity index (χ3v) is 3.11. The second-order valence-electron chi connectivity index (χ2n) is 6.69. The number of nitrogens with one attached hydrogen (secondary N) is 2. The maximum atomic E-state index is 11.9. The van der Waals surface area contributed by atoms with Gasteiger partial charge in [-0.1, -0.05) is 12.1 Å². The summed E-state index contributed by atoms with van der Waals surface area (Å²) in [6.07, 6.45) is -0.699. The van der Waals surface area contributed by atoms with Gasteiger partial charge in [-0.15, -0.1) is 10.2 Å². The first kappa shape index (κ1) is 20.6. The number of hydrogen-bond acceptors (Lipinski definition) is 8. The number of benzene rings is 1. The summed E-state index contributed by atoms with van der Waals surface area (Å²) in [6.45, 7) is 4.87. The number of para-hydroxylation sites is 1. The number of anilines is 2. The van der Waals surface area contributed by atoms with Crippen molar-refractivity contribution in [2.75, 3.05) is 17.6 Å². The molecule has 1 heterocycles. The van der Waals surface area contributed by atoms with E-state index in [1.54, 1.807) is 39.0 Å². The zero-order valence-electron chi connectivity index (χ0n) is 15.8. The van der Waals surface area contributed by atoms with Crippen LogP contribution < -0.4 is 16.4 Å². The van der Waals surface area contributed by atoms with E-state index in [1.165, 1.54) is 18.2 Å². The van der Waals surface area contributed by atoms with E-state index in [-0.39, 0.29) is 35.3 Å². The molecular weight excluding hydrogens is 364 g/mol. The van der Waals surface area contributed by atoms with Gasteiger partial charge in [0.15, 0.2) is 5.82 Å². The zero-order chi connectivity index (χ0) is 20.7. The maximum absolute atomic E-state index is 11.9. The SMILES string of the molecule is CC(C)(C)OC(=O)NCC(=O)Nc1ccc(/N=N/c2ccccc2O)c(N)n1. The molecule has 1 aromatic heterocycles. The number of hydrogen-bond donors (Lipinski definition) is 4. The summed E-state index contributed by atoms with van der Waals surface area (Å²) < 4.78 is 5.04. The van der Waals surface area contributed by atoms with Gasteiger partial charge in [-0.3, -0.25) is 4.79 Å². The van der Waals surface area contributed by atoms with Crippen LogP contribution >= 0.6 is 0 Å². The fourth-order valence-corrected chi connectivity index (χ4v) is 1.93. The minimum absolute atomic E-state index is 0.0147. The van der Waals surface area contributed by atoms with Crippen LogP contribution in [-0.2, 0) is 9.53 Å². The minimum atomic E-state index is -0.699. The summed E-state index contributed by atoms with van der Waals surface area (Å²) in [5.74, 6) is -0.285. The largest absolute Gasteiger partial charge is 0.506 e. The normalized spacial score (nSPS) is 11.2. The fourth-order valence-electron chi connectivity index (χ4n) is 1.93. The highest BCUT2D eigenvalue weighted by atomic mass is 16.6. The van der Waals surface area contributed by atoms with Crippen LogP contribution in [0.15, 0.2) is 46.6 Å². The number of nitrogen functional groups attached to an aromatic ring is 1. The number of phenols is 1. The van der Waals surface area contributed by atoms with Crippen molar-refractivity contribution in [2.45, 2.75) is 26.4 Å². The average molecular weight is 386 g/mol. The molecule has 0 aliphatic heterocycles. The minimum Gasteiger partial charge on any atom is -0.506 e. The van der Waals surface area contributed by atoms with Crippen molar-refractivity contribution >= 4 is 35.0 Å². The topological polar surface area (TPSA) is 151 Å². The lowest BCUT2D eigenvalue weighted by Crippen LogP contribution is -2.37. The Balaban J connectivity index is 1.94. The van der Waals surface area contributed by atoms with Gasteiger partial charge < -0.3 is 26.2 Å². The number of carbonyl (C=O) groups is 2. The molecule has 0 spiro atoms. The number of azo groups is 1. The molecule has 148 valence electrons.